The highest BCUT2D eigenvalue weighted by Crippen LogP contribution is 2.51. The molecular weight excluding hydrogens is 677 g/mol. The third-order valence-electron chi connectivity index (χ3n) is 12.6. The molecule has 12 rings (SSSR count). The van der Waals surface area contributed by atoms with E-state index in [1.54, 1.807) is 0 Å². The lowest BCUT2D eigenvalue weighted by Crippen LogP contribution is -2.14. The fourth-order valence-electron chi connectivity index (χ4n) is 9.84. The van der Waals surface area contributed by atoms with Crippen LogP contribution in [0.2, 0.25) is 0 Å². The standard InChI is InChI=1S/C55H36O/c1-55(2)49-21-10-9-16-41(49)46-31-48-47-29-37-24-23-36(28-40(37)30-51(47)56-52(48)32-50(46)55)35-14-11-15-38(27-35)53-42-17-5-7-19-44(42)54(45-20-8-6-18-43(45)53)39-25-22-33-12-3-4-13-34(33)26-39/h3-32H,1-2H3. The third-order valence-corrected chi connectivity index (χ3v) is 12.6. The Balaban J connectivity index is 0.994. The van der Waals surface area contributed by atoms with E-state index >= 15 is 0 Å². The minimum absolute atomic E-state index is 0.0644. The largest absolute Gasteiger partial charge is 0.456 e. The summed E-state index contributed by atoms with van der Waals surface area (Å²) in [5, 5.41) is 12.3. The highest BCUT2D eigenvalue weighted by Gasteiger charge is 2.36. The van der Waals surface area contributed by atoms with Gasteiger partial charge < -0.3 is 4.42 Å². The number of benzene rings is 10. The van der Waals surface area contributed by atoms with Crippen LogP contribution in [-0.2, 0) is 5.41 Å². The van der Waals surface area contributed by atoms with E-state index in [2.05, 4.69) is 196 Å². The summed E-state index contributed by atoms with van der Waals surface area (Å²) in [5.41, 5.74) is 14.6. The molecule has 1 nitrogen and oxygen atoms in total. The first-order valence-electron chi connectivity index (χ1n) is 19.6. The minimum atomic E-state index is -0.0644. The molecule has 0 saturated heterocycles. The second-order valence-corrected chi connectivity index (χ2v) is 16.1. The molecule has 1 heteroatoms. The van der Waals surface area contributed by atoms with Gasteiger partial charge in [0.05, 0.1) is 0 Å². The Hall–Kier alpha value is -6.96. The zero-order valence-electron chi connectivity index (χ0n) is 31.2. The molecule has 0 unspecified atom stereocenters. The van der Waals surface area contributed by atoms with Gasteiger partial charge in [0.15, 0.2) is 0 Å². The number of hydrogen-bond donors (Lipinski definition) is 0. The Morgan fingerprint density at radius 2 is 0.857 bits per heavy atom. The second-order valence-electron chi connectivity index (χ2n) is 16.1. The average molecular weight is 713 g/mol. The molecule has 1 aromatic heterocycles. The molecule has 0 spiro atoms. The van der Waals surface area contributed by atoms with Crippen LogP contribution < -0.4 is 0 Å². The van der Waals surface area contributed by atoms with Gasteiger partial charge in [0.1, 0.15) is 11.2 Å². The molecule has 1 aliphatic carbocycles. The first-order valence-corrected chi connectivity index (χ1v) is 19.6. The quantitative estimate of drug-likeness (QED) is 0.166. The van der Waals surface area contributed by atoms with Crippen molar-refractivity contribution in [2.75, 3.05) is 0 Å². The molecule has 0 saturated carbocycles. The summed E-state index contributed by atoms with van der Waals surface area (Å²) in [6.45, 7) is 4.65. The predicted molar refractivity (Wildman–Crippen MR) is 238 cm³/mol. The molecule has 11 aromatic rings. The van der Waals surface area contributed by atoms with Gasteiger partial charge >= 0.3 is 0 Å². The number of rotatable bonds is 3. The summed E-state index contributed by atoms with van der Waals surface area (Å²) in [6, 6.07) is 67.3. The maximum Gasteiger partial charge on any atom is 0.136 e. The molecule has 1 aliphatic rings. The van der Waals surface area contributed by atoms with Crippen LogP contribution in [0.1, 0.15) is 25.0 Å². The van der Waals surface area contributed by atoms with Gasteiger partial charge in [0, 0.05) is 16.2 Å². The van der Waals surface area contributed by atoms with Crippen LogP contribution in [0.15, 0.2) is 186 Å². The molecule has 1 heterocycles. The summed E-state index contributed by atoms with van der Waals surface area (Å²) in [5.74, 6) is 0. The van der Waals surface area contributed by atoms with Crippen molar-refractivity contribution >= 4 is 65.0 Å². The van der Waals surface area contributed by atoms with E-state index in [4.69, 9.17) is 4.42 Å². The lowest BCUT2D eigenvalue weighted by molar-refractivity contribution is 0.647. The van der Waals surface area contributed by atoms with Crippen molar-refractivity contribution in [3.63, 3.8) is 0 Å². The maximum atomic E-state index is 6.64. The first-order chi connectivity index (χ1) is 27.5. The van der Waals surface area contributed by atoms with E-state index in [0.717, 1.165) is 16.6 Å². The predicted octanol–water partition coefficient (Wildman–Crippen LogP) is 15.5. The number of hydrogen-bond acceptors (Lipinski definition) is 1. The van der Waals surface area contributed by atoms with Crippen LogP contribution in [0.3, 0.4) is 0 Å². The highest BCUT2D eigenvalue weighted by atomic mass is 16.3. The van der Waals surface area contributed by atoms with Gasteiger partial charge in [-0.15, -0.1) is 0 Å². The van der Waals surface area contributed by atoms with E-state index in [1.807, 2.05) is 0 Å². The van der Waals surface area contributed by atoms with Crippen LogP contribution in [0.25, 0.3) is 110 Å². The Morgan fingerprint density at radius 1 is 0.321 bits per heavy atom. The first kappa shape index (κ1) is 31.4. The van der Waals surface area contributed by atoms with Crippen molar-refractivity contribution in [2.24, 2.45) is 0 Å². The van der Waals surface area contributed by atoms with Crippen molar-refractivity contribution in [3.8, 4) is 44.5 Å². The second kappa shape index (κ2) is 11.5. The number of furan rings is 1. The van der Waals surface area contributed by atoms with Gasteiger partial charge in [-0.25, -0.2) is 0 Å². The van der Waals surface area contributed by atoms with Crippen LogP contribution in [0.4, 0.5) is 0 Å². The van der Waals surface area contributed by atoms with Crippen LogP contribution in [0, 0.1) is 0 Å². The Morgan fingerprint density at radius 3 is 1.62 bits per heavy atom. The Bertz CT molecular complexity index is 3390. The molecule has 262 valence electrons. The Kier molecular flexibility index (Phi) is 6.46. The monoisotopic (exact) mass is 712 g/mol. The van der Waals surface area contributed by atoms with Gasteiger partial charge in [-0.3, -0.25) is 0 Å². The fourth-order valence-corrected chi connectivity index (χ4v) is 9.84. The summed E-state index contributed by atoms with van der Waals surface area (Å²) >= 11 is 0. The fraction of sp³-hybridized carbons (Fsp3) is 0.0545. The molecule has 10 aromatic carbocycles. The van der Waals surface area contributed by atoms with Crippen molar-refractivity contribution in [2.45, 2.75) is 19.3 Å². The normalized spacial score (nSPS) is 13.3. The van der Waals surface area contributed by atoms with Crippen molar-refractivity contribution in [3.05, 3.63) is 193 Å². The van der Waals surface area contributed by atoms with E-state index in [9.17, 15) is 0 Å². The topological polar surface area (TPSA) is 13.1 Å². The molecule has 0 N–H and O–H groups in total. The molecule has 0 aliphatic heterocycles. The zero-order chi connectivity index (χ0) is 37.1. The van der Waals surface area contributed by atoms with E-state index in [1.165, 1.54) is 104 Å². The molecule has 56 heavy (non-hydrogen) atoms. The molecular formula is C55H36O. The minimum Gasteiger partial charge on any atom is -0.456 e. The highest BCUT2D eigenvalue weighted by molar-refractivity contribution is 6.22. The molecule has 0 bridgehead atoms. The van der Waals surface area contributed by atoms with E-state index in [0.29, 0.717) is 0 Å². The SMILES string of the molecule is CC1(C)c2ccccc2-c2cc3c(cc21)oc1cc2cc(-c4cccc(-c5c6ccccc6c(-c6ccc7ccccc7c6)c6ccccc56)c4)ccc2cc13. The van der Waals surface area contributed by atoms with Crippen LogP contribution in [-0.4, -0.2) is 0 Å². The van der Waals surface area contributed by atoms with Gasteiger partial charge in [-0.05, 0) is 141 Å². The maximum absolute atomic E-state index is 6.64. The van der Waals surface area contributed by atoms with Crippen LogP contribution in [0.5, 0.6) is 0 Å². The van der Waals surface area contributed by atoms with Crippen molar-refractivity contribution in [1.82, 2.24) is 0 Å². The van der Waals surface area contributed by atoms with Crippen molar-refractivity contribution < 1.29 is 4.42 Å². The van der Waals surface area contributed by atoms with E-state index < -0.39 is 0 Å². The van der Waals surface area contributed by atoms with E-state index in [-0.39, 0.29) is 5.41 Å². The molecule has 0 atom stereocenters. The lowest BCUT2D eigenvalue weighted by Gasteiger charge is -2.21. The lowest BCUT2D eigenvalue weighted by atomic mass is 9.82. The summed E-state index contributed by atoms with van der Waals surface area (Å²) in [6.07, 6.45) is 0. The number of fused-ring (bicyclic) bond motifs is 10. The Labute approximate surface area is 325 Å². The smallest absolute Gasteiger partial charge is 0.136 e. The molecule has 0 radical (unpaired) electrons. The average Bonchev–Trinajstić information content (AvgIpc) is 3.70. The summed E-state index contributed by atoms with van der Waals surface area (Å²) in [7, 11) is 0. The van der Waals surface area contributed by atoms with Crippen LogP contribution >= 0.6 is 0 Å². The van der Waals surface area contributed by atoms with Gasteiger partial charge in [0.25, 0.3) is 0 Å². The summed E-state index contributed by atoms with van der Waals surface area (Å²) < 4.78 is 6.64. The molecule has 0 amide bonds. The van der Waals surface area contributed by atoms with Gasteiger partial charge in [0.2, 0.25) is 0 Å². The van der Waals surface area contributed by atoms with Gasteiger partial charge in [-0.2, -0.15) is 0 Å². The molecule has 0 fully saturated rings. The van der Waals surface area contributed by atoms with Crippen molar-refractivity contribution in [1.29, 1.82) is 0 Å². The zero-order valence-corrected chi connectivity index (χ0v) is 31.2. The van der Waals surface area contributed by atoms with Gasteiger partial charge in [-0.1, -0.05) is 153 Å². The third kappa shape index (κ3) is 4.49. The summed E-state index contributed by atoms with van der Waals surface area (Å²) in [4.78, 5) is 0.